The van der Waals surface area contributed by atoms with Gasteiger partial charge in [-0.25, -0.2) is 0 Å². The van der Waals surface area contributed by atoms with Gasteiger partial charge in [0.2, 0.25) is 0 Å². The van der Waals surface area contributed by atoms with Gasteiger partial charge in [-0.1, -0.05) is 32.0 Å². The Morgan fingerprint density at radius 2 is 1.95 bits per heavy atom. The van der Waals surface area contributed by atoms with Gasteiger partial charge in [-0.15, -0.1) is 0 Å². The second-order valence-corrected chi connectivity index (χ2v) is 6.54. The normalized spacial score (nSPS) is 13.3. The summed E-state index contributed by atoms with van der Waals surface area (Å²) in [5.74, 6) is 0.713. The van der Waals surface area contributed by atoms with Crippen molar-refractivity contribution < 1.29 is 0 Å². The van der Waals surface area contributed by atoms with Crippen LogP contribution in [0, 0.1) is 10.7 Å². The molecule has 2 aromatic heterocycles. The largest absolute Gasteiger partial charge is 0.329 e. The van der Waals surface area contributed by atoms with E-state index >= 15 is 0 Å². The molecule has 0 aliphatic rings. The van der Waals surface area contributed by atoms with Crippen LogP contribution >= 0.6 is 12.2 Å². The number of rotatable bonds is 4. The number of nitrogens with zero attached hydrogens (tertiary/aromatic N) is 2. The Labute approximate surface area is 130 Å². The summed E-state index contributed by atoms with van der Waals surface area (Å²) in [5.41, 5.74) is 3.22. The van der Waals surface area contributed by atoms with Crippen LogP contribution in [-0.4, -0.2) is 14.5 Å². The Morgan fingerprint density at radius 3 is 2.71 bits per heavy atom. The summed E-state index contributed by atoms with van der Waals surface area (Å²) in [6, 6.07) is 8.64. The first kappa shape index (κ1) is 14.3. The van der Waals surface area contributed by atoms with Crippen LogP contribution < -0.4 is 0 Å². The van der Waals surface area contributed by atoms with E-state index in [1.54, 1.807) is 0 Å². The van der Waals surface area contributed by atoms with Gasteiger partial charge in [-0.2, -0.15) is 0 Å². The van der Waals surface area contributed by atoms with E-state index in [2.05, 4.69) is 47.4 Å². The third kappa shape index (κ3) is 2.60. The first-order chi connectivity index (χ1) is 10.1. The topological polar surface area (TPSA) is 33.6 Å². The fourth-order valence-electron chi connectivity index (χ4n) is 2.88. The summed E-state index contributed by atoms with van der Waals surface area (Å²) in [5, 5.41) is 1.17. The van der Waals surface area contributed by atoms with Crippen molar-refractivity contribution in [3.05, 3.63) is 35.2 Å². The van der Waals surface area contributed by atoms with E-state index in [0.717, 1.165) is 22.2 Å². The van der Waals surface area contributed by atoms with Crippen LogP contribution in [0.4, 0.5) is 0 Å². The molecule has 3 rings (SSSR count). The number of benzene rings is 1. The quantitative estimate of drug-likeness (QED) is 0.668. The van der Waals surface area contributed by atoms with Gasteiger partial charge in [0.05, 0.1) is 22.7 Å². The molecule has 0 saturated heterocycles. The number of hydrogen-bond acceptors (Lipinski definition) is 2. The van der Waals surface area contributed by atoms with Gasteiger partial charge in [0, 0.05) is 11.4 Å². The number of nitrogens with one attached hydrogen (secondary N) is 1. The molecule has 3 aromatic rings. The molecule has 0 fully saturated rings. The average molecular weight is 299 g/mol. The van der Waals surface area contributed by atoms with Crippen molar-refractivity contribution in [3.63, 3.8) is 0 Å². The lowest BCUT2D eigenvalue weighted by Gasteiger charge is -2.16. The highest BCUT2D eigenvalue weighted by molar-refractivity contribution is 7.71. The third-order valence-electron chi connectivity index (χ3n) is 4.05. The minimum atomic E-state index is 0.388. The first-order valence-corrected chi connectivity index (χ1v) is 7.96. The van der Waals surface area contributed by atoms with E-state index < -0.39 is 0 Å². The number of H-pyrrole nitrogens is 1. The van der Waals surface area contributed by atoms with Gasteiger partial charge in [-0.3, -0.25) is 4.98 Å². The van der Waals surface area contributed by atoms with E-state index in [1.165, 1.54) is 17.3 Å². The zero-order chi connectivity index (χ0) is 15.0. The molecule has 0 bridgehead atoms. The Hall–Kier alpha value is -1.68. The molecule has 2 heterocycles. The molecule has 0 spiro atoms. The molecule has 1 atom stereocenters. The van der Waals surface area contributed by atoms with Crippen LogP contribution in [0.2, 0.25) is 0 Å². The van der Waals surface area contributed by atoms with Crippen LogP contribution in [0.3, 0.4) is 0 Å². The number of fused-ring (bicyclic) bond motifs is 3. The lowest BCUT2D eigenvalue weighted by molar-refractivity contribution is 0.444. The van der Waals surface area contributed by atoms with E-state index in [4.69, 9.17) is 12.2 Å². The Balaban J connectivity index is 2.19. The zero-order valence-corrected chi connectivity index (χ0v) is 13.6. The van der Waals surface area contributed by atoms with Crippen molar-refractivity contribution in [1.82, 2.24) is 14.5 Å². The summed E-state index contributed by atoms with van der Waals surface area (Å²) in [4.78, 5) is 7.81. The van der Waals surface area contributed by atoms with Gasteiger partial charge >= 0.3 is 0 Å². The van der Waals surface area contributed by atoms with Crippen molar-refractivity contribution in [2.24, 2.45) is 5.92 Å². The molecule has 110 valence electrons. The van der Waals surface area contributed by atoms with Crippen molar-refractivity contribution in [2.75, 3.05) is 0 Å². The minimum absolute atomic E-state index is 0.388. The Morgan fingerprint density at radius 1 is 1.19 bits per heavy atom. The molecule has 3 nitrogen and oxygen atoms in total. The van der Waals surface area contributed by atoms with Crippen molar-refractivity contribution >= 4 is 34.2 Å². The van der Waals surface area contributed by atoms with Gasteiger partial charge in [0.15, 0.2) is 4.77 Å². The average Bonchev–Trinajstić information content (AvgIpc) is 2.81. The summed E-state index contributed by atoms with van der Waals surface area (Å²) in [7, 11) is 0. The number of imidazole rings is 1. The molecule has 21 heavy (non-hydrogen) atoms. The van der Waals surface area contributed by atoms with Crippen molar-refractivity contribution in [1.29, 1.82) is 0 Å². The van der Waals surface area contributed by atoms with Crippen molar-refractivity contribution in [3.8, 4) is 0 Å². The van der Waals surface area contributed by atoms with Gasteiger partial charge in [0.1, 0.15) is 0 Å². The van der Waals surface area contributed by atoms with Crippen LogP contribution in [0.5, 0.6) is 0 Å². The van der Waals surface area contributed by atoms with E-state index in [9.17, 15) is 0 Å². The number of para-hydroxylation sites is 1. The summed E-state index contributed by atoms with van der Waals surface area (Å²) >= 11 is 5.55. The molecule has 0 radical (unpaired) electrons. The second-order valence-electron chi connectivity index (χ2n) is 6.16. The minimum Gasteiger partial charge on any atom is -0.329 e. The molecule has 0 amide bonds. The summed E-state index contributed by atoms with van der Waals surface area (Å²) < 4.78 is 3.05. The highest BCUT2D eigenvalue weighted by Crippen LogP contribution is 2.28. The van der Waals surface area contributed by atoms with Crippen LogP contribution in [0.1, 0.15) is 39.7 Å². The number of aromatic amines is 1. The molecule has 1 unspecified atom stereocenters. The van der Waals surface area contributed by atoms with E-state index in [0.29, 0.717) is 12.0 Å². The van der Waals surface area contributed by atoms with E-state index in [1.807, 2.05) is 18.3 Å². The molecule has 1 aromatic carbocycles. The zero-order valence-electron chi connectivity index (χ0n) is 12.8. The molecule has 0 saturated carbocycles. The molecule has 0 aliphatic carbocycles. The Kier molecular flexibility index (Phi) is 3.81. The maximum Gasteiger partial charge on any atom is 0.178 e. The molecule has 0 aliphatic heterocycles. The van der Waals surface area contributed by atoms with Gasteiger partial charge in [-0.05, 0) is 44.0 Å². The maximum absolute atomic E-state index is 5.55. The fraction of sp³-hybridized carbons (Fsp3) is 0.412. The maximum atomic E-state index is 5.55. The summed E-state index contributed by atoms with van der Waals surface area (Å²) in [6.07, 6.45) is 4.23. The Bertz CT molecular complexity index is 829. The van der Waals surface area contributed by atoms with E-state index in [-0.39, 0.29) is 0 Å². The lowest BCUT2D eigenvalue weighted by atomic mass is 10.0. The molecule has 1 N–H and O–H groups in total. The van der Waals surface area contributed by atoms with Gasteiger partial charge < -0.3 is 9.55 Å². The SMILES string of the molecule is CC(C)CCC(C)n1c(=S)[nH]c2cnc3ccccc3c21. The third-order valence-corrected chi connectivity index (χ3v) is 4.35. The smallest absolute Gasteiger partial charge is 0.178 e. The second kappa shape index (κ2) is 5.60. The molecular weight excluding hydrogens is 278 g/mol. The van der Waals surface area contributed by atoms with Crippen LogP contribution in [0.15, 0.2) is 30.5 Å². The van der Waals surface area contributed by atoms with Crippen LogP contribution in [0.25, 0.3) is 21.9 Å². The number of hydrogen-bond donors (Lipinski definition) is 1. The standard InChI is InChI=1S/C17H21N3S/c1-11(2)8-9-12(3)20-16-13-6-4-5-7-14(13)18-10-15(16)19-17(20)21/h4-7,10-12H,8-9H2,1-3H3,(H,19,21). The number of aromatic nitrogens is 3. The highest BCUT2D eigenvalue weighted by Gasteiger charge is 2.14. The van der Waals surface area contributed by atoms with Crippen LogP contribution in [-0.2, 0) is 0 Å². The predicted octanol–water partition coefficient (Wildman–Crippen LogP) is 5.24. The molecule has 4 heteroatoms. The summed E-state index contributed by atoms with van der Waals surface area (Å²) in [6.45, 7) is 6.78. The van der Waals surface area contributed by atoms with Crippen molar-refractivity contribution in [2.45, 2.75) is 39.7 Å². The first-order valence-electron chi connectivity index (χ1n) is 7.56. The van der Waals surface area contributed by atoms with Gasteiger partial charge in [0.25, 0.3) is 0 Å². The molecular formula is C17H21N3S. The monoisotopic (exact) mass is 299 g/mol. The fourth-order valence-corrected chi connectivity index (χ4v) is 3.26. The predicted molar refractivity (Wildman–Crippen MR) is 91.2 cm³/mol. The lowest BCUT2D eigenvalue weighted by Crippen LogP contribution is -2.07. The number of pyridine rings is 1. The highest BCUT2D eigenvalue weighted by atomic mass is 32.1.